The van der Waals surface area contributed by atoms with Crippen LogP contribution in [0.15, 0.2) is 84.9 Å². The summed E-state index contributed by atoms with van der Waals surface area (Å²) in [5.41, 5.74) is 2.05. The van der Waals surface area contributed by atoms with E-state index in [1.807, 2.05) is 0 Å². The molecule has 0 heterocycles. The average Bonchev–Trinajstić information content (AvgIpc) is 3.13. The van der Waals surface area contributed by atoms with Crippen molar-refractivity contribution < 1.29 is 38.1 Å². The molecule has 0 amide bonds. The van der Waals surface area contributed by atoms with Crippen LogP contribution in [0.25, 0.3) is 12.2 Å². The van der Waals surface area contributed by atoms with Gasteiger partial charge < -0.3 is 18.9 Å². The van der Waals surface area contributed by atoms with Crippen molar-refractivity contribution in [2.24, 2.45) is 0 Å². The van der Waals surface area contributed by atoms with Gasteiger partial charge in [-0.15, -0.1) is 0 Å². The fraction of sp³-hybridized carbons (Fsp3) is 0.381. The van der Waals surface area contributed by atoms with Gasteiger partial charge >= 0.3 is 23.9 Å². The lowest BCUT2D eigenvalue weighted by atomic mass is 10.1. The first-order chi connectivity index (χ1) is 24.4. The summed E-state index contributed by atoms with van der Waals surface area (Å²) in [4.78, 5) is 49.3. The van der Waals surface area contributed by atoms with Crippen LogP contribution in [0.3, 0.4) is 0 Å². The van der Waals surface area contributed by atoms with Crippen LogP contribution < -0.4 is 9.47 Å². The lowest BCUT2D eigenvalue weighted by Gasteiger charge is -2.07. The summed E-state index contributed by atoms with van der Waals surface area (Å²) in [5.74, 6) is -1.26. The molecule has 0 radical (unpaired) electrons. The van der Waals surface area contributed by atoms with Gasteiger partial charge in [0.15, 0.2) is 0 Å². The van der Waals surface area contributed by atoms with Gasteiger partial charge in [-0.05, 0) is 84.7 Å². The molecular formula is C42H50O8. The van der Waals surface area contributed by atoms with E-state index < -0.39 is 11.9 Å². The molecule has 0 atom stereocenters. The Balaban J connectivity index is 1.38. The van der Waals surface area contributed by atoms with Crippen LogP contribution in [0, 0.1) is 0 Å². The Labute approximate surface area is 296 Å². The normalized spacial score (nSPS) is 11.1. The molecule has 0 spiro atoms. The number of ether oxygens (including phenoxy) is 4. The SMILES string of the molecule is CCCCCCCCOC(=O)/C=C/c1ccc(OC(=O)c2ccc(C(=O)Oc3ccc(/C=C/C(=O)OCCCCCCCC)cc3)cc2)cc1. The average molecular weight is 683 g/mol. The van der Waals surface area contributed by atoms with Crippen molar-refractivity contribution in [3.63, 3.8) is 0 Å². The molecule has 266 valence electrons. The highest BCUT2D eigenvalue weighted by molar-refractivity contribution is 5.95. The minimum atomic E-state index is -0.582. The van der Waals surface area contributed by atoms with E-state index in [9.17, 15) is 19.2 Å². The summed E-state index contributed by atoms with van der Waals surface area (Å²) in [5, 5.41) is 0. The van der Waals surface area contributed by atoms with Crippen LogP contribution in [-0.4, -0.2) is 37.1 Å². The number of carbonyl (C=O) groups is 4. The third kappa shape index (κ3) is 15.9. The second-order valence-electron chi connectivity index (χ2n) is 12.0. The van der Waals surface area contributed by atoms with Gasteiger partial charge in [-0.2, -0.15) is 0 Å². The standard InChI is InChI=1S/C42H50O8/c1-3-5-7-9-11-13-31-47-39(43)29-19-33-15-25-37(26-16-33)49-41(45)35-21-23-36(24-22-35)42(46)50-38-27-17-34(18-28-38)20-30-40(44)48-32-14-12-10-8-6-4-2/h15-30H,3-14,31-32H2,1-2H3/b29-19+,30-20+. The third-order valence-corrected chi connectivity index (χ3v) is 7.85. The Morgan fingerprint density at radius 3 is 1.16 bits per heavy atom. The fourth-order valence-corrected chi connectivity index (χ4v) is 4.90. The van der Waals surface area contributed by atoms with Gasteiger partial charge in [0.2, 0.25) is 0 Å². The Bertz CT molecular complexity index is 1400. The van der Waals surface area contributed by atoms with E-state index >= 15 is 0 Å². The van der Waals surface area contributed by atoms with Crippen LogP contribution in [0.1, 0.15) is 123 Å². The number of benzene rings is 3. The second kappa shape index (κ2) is 23.4. The van der Waals surface area contributed by atoms with Gasteiger partial charge in [-0.1, -0.05) is 102 Å². The molecule has 3 aromatic rings. The van der Waals surface area contributed by atoms with Crippen LogP contribution in [-0.2, 0) is 19.1 Å². The summed E-state index contributed by atoms with van der Waals surface area (Å²) in [6.07, 6.45) is 19.6. The van der Waals surface area contributed by atoms with Gasteiger partial charge in [0.25, 0.3) is 0 Å². The molecule has 50 heavy (non-hydrogen) atoms. The van der Waals surface area contributed by atoms with E-state index in [-0.39, 0.29) is 23.1 Å². The van der Waals surface area contributed by atoms with Crippen molar-refractivity contribution in [2.75, 3.05) is 13.2 Å². The summed E-state index contributed by atoms with van der Waals surface area (Å²) < 4.78 is 21.4. The lowest BCUT2D eigenvalue weighted by Crippen LogP contribution is -2.11. The molecule has 8 heteroatoms. The smallest absolute Gasteiger partial charge is 0.343 e. The monoisotopic (exact) mass is 682 g/mol. The highest BCUT2D eigenvalue weighted by Crippen LogP contribution is 2.18. The zero-order valence-corrected chi connectivity index (χ0v) is 29.4. The minimum absolute atomic E-state index is 0.264. The highest BCUT2D eigenvalue weighted by atomic mass is 16.5. The first-order valence-electron chi connectivity index (χ1n) is 17.8. The zero-order chi connectivity index (χ0) is 35.8. The minimum Gasteiger partial charge on any atom is -0.463 e. The molecule has 0 aliphatic carbocycles. The maximum absolute atomic E-state index is 12.7. The van der Waals surface area contributed by atoms with Crippen molar-refractivity contribution in [3.8, 4) is 11.5 Å². The summed E-state index contributed by atoms with van der Waals surface area (Å²) in [6, 6.07) is 19.4. The Morgan fingerprint density at radius 1 is 0.460 bits per heavy atom. The Morgan fingerprint density at radius 2 is 0.800 bits per heavy atom. The Hall–Kier alpha value is -4.98. The zero-order valence-electron chi connectivity index (χ0n) is 29.4. The Kier molecular flexibility index (Phi) is 18.5. The largest absolute Gasteiger partial charge is 0.463 e. The topological polar surface area (TPSA) is 105 Å². The number of hydrogen-bond donors (Lipinski definition) is 0. The lowest BCUT2D eigenvalue weighted by molar-refractivity contribution is -0.138. The van der Waals surface area contributed by atoms with Crippen LogP contribution in [0.2, 0.25) is 0 Å². The van der Waals surface area contributed by atoms with Crippen molar-refractivity contribution in [3.05, 3.63) is 107 Å². The maximum Gasteiger partial charge on any atom is 0.343 e. The van der Waals surface area contributed by atoms with E-state index in [0.717, 1.165) is 49.7 Å². The molecule has 0 aliphatic heterocycles. The predicted octanol–water partition coefficient (Wildman–Crippen LogP) is 9.96. The molecule has 0 bridgehead atoms. The molecular weight excluding hydrogens is 632 g/mol. The van der Waals surface area contributed by atoms with Crippen LogP contribution >= 0.6 is 0 Å². The third-order valence-electron chi connectivity index (χ3n) is 7.85. The molecule has 3 rings (SSSR count). The van der Waals surface area contributed by atoms with E-state index in [1.54, 1.807) is 60.7 Å². The predicted molar refractivity (Wildman–Crippen MR) is 196 cm³/mol. The number of esters is 4. The molecule has 8 nitrogen and oxygen atoms in total. The molecule has 0 fully saturated rings. The summed E-state index contributed by atoms with van der Waals surface area (Å²) in [6.45, 7) is 5.19. The molecule has 0 N–H and O–H groups in total. The summed E-state index contributed by atoms with van der Waals surface area (Å²) in [7, 11) is 0. The molecule has 0 saturated heterocycles. The van der Waals surface area contributed by atoms with Crippen molar-refractivity contribution in [1.29, 1.82) is 0 Å². The van der Waals surface area contributed by atoms with Crippen molar-refractivity contribution in [2.45, 2.75) is 90.9 Å². The number of carbonyl (C=O) groups excluding carboxylic acids is 4. The molecule has 0 aromatic heterocycles. The quantitative estimate of drug-likeness (QED) is 0.0446. The first kappa shape index (κ1) is 39.5. The van der Waals surface area contributed by atoms with Gasteiger partial charge in [0.1, 0.15) is 11.5 Å². The van der Waals surface area contributed by atoms with Gasteiger partial charge in [0, 0.05) is 12.2 Å². The van der Waals surface area contributed by atoms with Crippen molar-refractivity contribution in [1.82, 2.24) is 0 Å². The van der Waals surface area contributed by atoms with Crippen LogP contribution in [0.5, 0.6) is 11.5 Å². The van der Waals surface area contributed by atoms with Gasteiger partial charge in [0.05, 0.1) is 24.3 Å². The maximum atomic E-state index is 12.7. The van der Waals surface area contributed by atoms with Gasteiger partial charge in [-0.3, -0.25) is 0 Å². The number of hydrogen-bond acceptors (Lipinski definition) is 8. The number of rotatable bonds is 22. The first-order valence-corrected chi connectivity index (χ1v) is 17.8. The van der Waals surface area contributed by atoms with E-state index in [1.165, 1.54) is 74.9 Å². The fourth-order valence-electron chi connectivity index (χ4n) is 4.90. The highest BCUT2D eigenvalue weighted by Gasteiger charge is 2.13. The molecule has 0 aliphatic rings. The van der Waals surface area contributed by atoms with Gasteiger partial charge in [-0.25, -0.2) is 19.2 Å². The second-order valence-corrected chi connectivity index (χ2v) is 12.0. The number of unbranched alkanes of at least 4 members (excludes halogenated alkanes) is 10. The molecule has 0 unspecified atom stereocenters. The van der Waals surface area contributed by atoms with E-state index in [2.05, 4.69) is 13.8 Å². The van der Waals surface area contributed by atoms with Crippen LogP contribution in [0.4, 0.5) is 0 Å². The molecule has 3 aromatic carbocycles. The van der Waals surface area contributed by atoms with Crippen molar-refractivity contribution >= 4 is 36.0 Å². The molecule has 0 saturated carbocycles. The van der Waals surface area contributed by atoms with E-state index in [4.69, 9.17) is 18.9 Å². The summed E-state index contributed by atoms with van der Waals surface area (Å²) >= 11 is 0. The van der Waals surface area contributed by atoms with E-state index in [0.29, 0.717) is 24.7 Å².